The molecule has 0 nitrogen and oxygen atoms in total. The van der Waals surface area contributed by atoms with Crippen molar-refractivity contribution >= 4 is 34.8 Å². The second-order valence-electron chi connectivity index (χ2n) is 3.93. The van der Waals surface area contributed by atoms with Gasteiger partial charge < -0.3 is 0 Å². The van der Waals surface area contributed by atoms with Crippen LogP contribution in [0.5, 0.6) is 0 Å². The molecule has 1 unspecified atom stereocenters. The summed E-state index contributed by atoms with van der Waals surface area (Å²) in [5.41, 5.74) is 1.28. The maximum atomic E-state index is 13.5. The van der Waals surface area contributed by atoms with Gasteiger partial charge >= 0.3 is 0 Å². The summed E-state index contributed by atoms with van der Waals surface area (Å²) in [7, 11) is 0. The Bertz CT molecular complexity index is 554. The number of halogens is 4. The smallest absolute Gasteiger partial charge is 0.126 e. The Labute approximate surface area is 120 Å². The van der Waals surface area contributed by atoms with Gasteiger partial charge in [0.25, 0.3) is 0 Å². The average molecular weight is 304 g/mol. The van der Waals surface area contributed by atoms with E-state index in [4.69, 9.17) is 34.8 Å². The molecule has 0 aliphatic rings. The zero-order valence-electron chi connectivity index (χ0n) is 9.34. The zero-order valence-corrected chi connectivity index (χ0v) is 11.6. The Morgan fingerprint density at radius 3 is 2.50 bits per heavy atom. The van der Waals surface area contributed by atoms with Gasteiger partial charge in [-0.05, 0) is 41.8 Å². The van der Waals surface area contributed by atoms with Crippen LogP contribution in [0.25, 0.3) is 0 Å². The molecule has 2 aromatic rings. The highest BCUT2D eigenvalue weighted by atomic mass is 35.5. The predicted octanol–water partition coefficient (Wildman–Crippen LogP) is 5.66. The molecule has 0 amide bonds. The van der Waals surface area contributed by atoms with Crippen molar-refractivity contribution in [2.24, 2.45) is 0 Å². The lowest BCUT2D eigenvalue weighted by Crippen LogP contribution is -1.99. The summed E-state index contributed by atoms with van der Waals surface area (Å²) in [5.74, 6) is -0.263. The highest BCUT2D eigenvalue weighted by Crippen LogP contribution is 2.33. The summed E-state index contributed by atoms with van der Waals surface area (Å²) in [5, 5.41) is 0.692. The fourth-order valence-corrected chi connectivity index (χ4v) is 2.55. The Balaban J connectivity index is 2.25. The first-order valence-electron chi connectivity index (χ1n) is 5.40. The second-order valence-corrected chi connectivity index (χ2v) is 5.30. The van der Waals surface area contributed by atoms with Crippen LogP contribution in [0.3, 0.4) is 0 Å². The fourth-order valence-electron chi connectivity index (χ4n) is 1.72. The maximum absolute atomic E-state index is 13.5. The molecule has 94 valence electrons. The van der Waals surface area contributed by atoms with Crippen molar-refractivity contribution in [3.05, 3.63) is 69.5 Å². The summed E-state index contributed by atoms with van der Waals surface area (Å²) < 4.78 is 13.5. The van der Waals surface area contributed by atoms with Gasteiger partial charge in [0.1, 0.15) is 5.82 Å². The van der Waals surface area contributed by atoms with Gasteiger partial charge in [-0.1, -0.05) is 41.4 Å². The average Bonchev–Trinajstić information content (AvgIpc) is 2.35. The van der Waals surface area contributed by atoms with E-state index in [-0.39, 0.29) is 5.82 Å². The van der Waals surface area contributed by atoms with Crippen LogP contribution in [0.1, 0.15) is 16.5 Å². The Morgan fingerprint density at radius 2 is 1.78 bits per heavy atom. The summed E-state index contributed by atoms with van der Waals surface area (Å²) in [6.07, 6.45) is 0.369. The molecule has 0 radical (unpaired) electrons. The third-order valence-electron chi connectivity index (χ3n) is 2.65. The van der Waals surface area contributed by atoms with Crippen molar-refractivity contribution in [2.45, 2.75) is 11.8 Å². The normalized spacial score (nSPS) is 12.4. The summed E-state index contributed by atoms with van der Waals surface area (Å²) in [4.78, 5) is 0. The van der Waals surface area contributed by atoms with Crippen LogP contribution in [0, 0.1) is 5.82 Å². The molecule has 0 aliphatic carbocycles. The molecule has 0 N–H and O–H groups in total. The van der Waals surface area contributed by atoms with Crippen molar-refractivity contribution in [1.29, 1.82) is 0 Å². The van der Waals surface area contributed by atoms with Gasteiger partial charge in [-0.15, -0.1) is 11.6 Å². The van der Waals surface area contributed by atoms with E-state index in [1.165, 1.54) is 6.07 Å². The van der Waals surface area contributed by atoms with Crippen molar-refractivity contribution in [1.82, 2.24) is 0 Å². The molecule has 1 atom stereocenters. The quantitative estimate of drug-likeness (QED) is 0.642. The summed E-state index contributed by atoms with van der Waals surface area (Å²) in [6.45, 7) is 0. The maximum Gasteiger partial charge on any atom is 0.126 e. The van der Waals surface area contributed by atoms with Crippen LogP contribution < -0.4 is 0 Å². The molecule has 2 rings (SSSR count). The largest absolute Gasteiger partial charge is 0.207 e. The summed E-state index contributed by atoms with van der Waals surface area (Å²) >= 11 is 18.2. The van der Waals surface area contributed by atoms with Crippen molar-refractivity contribution in [3.63, 3.8) is 0 Å². The van der Waals surface area contributed by atoms with Crippen LogP contribution in [0.4, 0.5) is 4.39 Å². The lowest BCUT2D eigenvalue weighted by Gasteiger charge is -2.12. The third-order valence-corrected chi connectivity index (χ3v) is 3.62. The molecule has 0 saturated heterocycles. The van der Waals surface area contributed by atoms with Crippen molar-refractivity contribution in [3.8, 4) is 0 Å². The topological polar surface area (TPSA) is 0 Å². The van der Waals surface area contributed by atoms with Gasteiger partial charge in [0.05, 0.1) is 5.38 Å². The number of alkyl halides is 1. The Morgan fingerprint density at radius 1 is 1.06 bits per heavy atom. The standard InChI is InChI=1S/C14H10Cl3F/c15-10-5-6-12(16)11(8-10)13(17)7-9-3-1-2-4-14(9)18/h1-6,8,13H,7H2. The molecular formula is C14H10Cl3F. The minimum Gasteiger partial charge on any atom is -0.207 e. The van der Waals surface area contributed by atoms with E-state index in [9.17, 15) is 4.39 Å². The minimum absolute atomic E-state index is 0.263. The monoisotopic (exact) mass is 302 g/mol. The molecule has 0 saturated carbocycles. The van der Waals surface area contributed by atoms with Crippen molar-refractivity contribution in [2.75, 3.05) is 0 Å². The molecule has 0 aliphatic heterocycles. The van der Waals surface area contributed by atoms with E-state index >= 15 is 0 Å². The predicted molar refractivity (Wildman–Crippen MR) is 75.2 cm³/mol. The van der Waals surface area contributed by atoms with E-state index in [1.54, 1.807) is 36.4 Å². The van der Waals surface area contributed by atoms with Gasteiger partial charge in [-0.3, -0.25) is 0 Å². The van der Waals surface area contributed by atoms with E-state index in [0.29, 0.717) is 27.6 Å². The molecule has 4 heteroatoms. The number of benzene rings is 2. The van der Waals surface area contributed by atoms with Gasteiger partial charge in [-0.25, -0.2) is 4.39 Å². The van der Waals surface area contributed by atoms with Crippen LogP contribution in [-0.2, 0) is 6.42 Å². The SMILES string of the molecule is Fc1ccccc1CC(Cl)c1cc(Cl)ccc1Cl. The van der Waals surface area contributed by atoms with Crippen LogP contribution >= 0.6 is 34.8 Å². The number of hydrogen-bond acceptors (Lipinski definition) is 0. The van der Waals surface area contributed by atoms with Crippen molar-refractivity contribution < 1.29 is 4.39 Å². The molecule has 18 heavy (non-hydrogen) atoms. The van der Waals surface area contributed by atoms with E-state index in [1.807, 2.05) is 0 Å². The number of hydrogen-bond donors (Lipinski definition) is 0. The van der Waals surface area contributed by atoms with Gasteiger partial charge in [-0.2, -0.15) is 0 Å². The minimum atomic E-state index is -0.409. The van der Waals surface area contributed by atoms with Gasteiger partial charge in [0, 0.05) is 10.0 Å². The molecule has 0 aromatic heterocycles. The first kappa shape index (κ1) is 13.7. The van der Waals surface area contributed by atoms with E-state index in [2.05, 4.69) is 0 Å². The Kier molecular flexibility index (Phi) is 4.50. The molecule has 0 spiro atoms. The highest BCUT2D eigenvalue weighted by Gasteiger charge is 2.15. The lowest BCUT2D eigenvalue weighted by molar-refractivity contribution is 0.607. The molecule has 0 heterocycles. The van der Waals surface area contributed by atoms with E-state index in [0.717, 1.165) is 0 Å². The molecular weight excluding hydrogens is 294 g/mol. The van der Waals surface area contributed by atoms with Gasteiger partial charge in [0.15, 0.2) is 0 Å². The first-order valence-corrected chi connectivity index (χ1v) is 6.59. The van der Waals surface area contributed by atoms with E-state index < -0.39 is 5.38 Å². The summed E-state index contributed by atoms with van der Waals surface area (Å²) in [6, 6.07) is 11.6. The second kappa shape index (κ2) is 5.92. The molecule has 2 aromatic carbocycles. The third kappa shape index (κ3) is 3.17. The Hall–Kier alpha value is -0.760. The van der Waals surface area contributed by atoms with Gasteiger partial charge in [0.2, 0.25) is 0 Å². The highest BCUT2D eigenvalue weighted by molar-refractivity contribution is 6.34. The van der Waals surface area contributed by atoms with Crippen LogP contribution in [0.2, 0.25) is 10.0 Å². The molecule has 0 fully saturated rings. The first-order chi connectivity index (χ1) is 8.58. The lowest BCUT2D eigenvalue weighted by atomic mass is 10.0. The van der Waals surface area contributed by atoms with Crippen LogP contribution in [-0.4, -0.2) is 0 Å². The molecule has 0 bridgehead atoms. The zero-order chi connectivity index (χ0) is 13.1. The number of rotatable bonds is 3. The fraction of sp³-hybridized carbons (Fsp3) is 0.143. The van der Waals surface area contributed by atoms with Crippen LogP contribution in [0.15, 0.2) is 42.5 Å².